The van der Waals surface area contributed by atoms with Crippen LogP contribution in [0.2, 0.25) is 0 Å². The van der Waals surface area contributed by atoms with Crippen LogP contribution in [0.4, 0.5) is 0 Å². The molecule has 0 bridgehead atoms. The molecule has 0 fully saturated rings. The molecule has 0 aliphatic carbocycles. The summed E-state index contributed by atoms with van der Waals surface area (Å²) in [6, 6.07) is 42.7. The van der Waals surface area contributed by atoms with Crippen molar-refractivity contribution in [2.75, 3.05) is 0 Å². The molecule has 48 heavy (non-hydrogen) atoms. The van der Waals surface area contributed by atoms with Crippen LogP contribution >= 0.6 is 0 Å². The number of nitriles is 1. The molecule has 0 atom stereocenters. The van der Waals surface area contributed by atoms with E-state index in [4.69, 9.17) is 9.40 Å². The van der Waals surface area contributed by atoms with Crippen molar-refractivity contribution >= 4 is 21.9 Å². The standard InChI is InChI=1S/C28H21N2O.C15H16N.Ir/c1-28(2,3)20-13-15-24(30-17-20)23-11-7-10-21-22-14-12-19(16-29)25(27(22)31-26(21)23)18-8-5-4-6-9-18;1-15(2,3)13-9-10-14(16-11-13)12-7-5-4-6-8-12;/h4-10,12-15,17H,1-3H3;4-7,9-11H,1-3H3;/q2*-1;. The summed E-state index contributed by atoms with van der Waals surface area (Å²) >= 11 is 0. The summed E-state index contributed by atoms with van der Waals surface area (Å²) in [7, 11) is 0. The number of hydrogen-bond donors (Lipinski definition) is 0. The van der Waals surface area contributed by atoms with Gasteiger partial charge in [-0.1, -0.05) is 113 Å². The van der Waals surface area contributed by atoms with Crippen LogP contribution in [-0.4, -0.2) is 9.97 Å². The van der Waals surface area contributed by atoms with E-state index in [2.05, 4.69) is 82.9 Å². The van der Waals surface area contributed by atoms with Gasteiger partial charge in [0.05, 0.1) is 17.2 Å². The van der Waals surface area contributed by atoms with Crippen molar-refractivity contribution in [2.24, 2.45) is 0 Å². The smallest absolute Gasteiger partial charge is 0.130 e. The zero-order chi connectivity index (χ0) is 33.2. The Kier molecular flexibility index (Phi) is 10.1. The molecule has 0 unspecified atom stereocenters. The average molecular weight is 804 g/mol. The zero-order valence-electron chi connectivity index (χ0n) is 28.1. The van der Waals surface area contributed by atoms with Crippen LogP contribution in [0.25, 0.3) is 55.6 Å². The van der Waals surface area contributed by atoms with Crippen LogP contribution < -0.4 is 0 Å². The second-order valence-corrected chi connectivity index (χ2v) is 13.7. The predicted octanol–water partition coefficient (Wildman–Crippen LogP) is 11.1. The predicted molar refractivity (Wildman–Crippen MR) is 192 cm³/mol. The van der Waals surface area contributed by atoms with Crippen molar-refractivity contribution in [3.63, 3.8) is 0 Å². The van der Waals surface area contributed by atoms with E-state index in [1.165, 1.54) is 11.1 Å². The van der Waals surface area contributed by atoms with Crippen LogP contribution in [0, 0.1) is 23.5 Å². The second-order valence-electron chi connectivity index (χ2n) is 13.7. The van der Waals surface area contributed by atoms with Crippen LogP contribution in [-0.2, 0) is 30.9 Å². The molecule has 4 nitrogen and oxygen atoms in total. The second kappa shape index (κ2) is 14.1. The molecule has 0 saturated carbocycles. The largest absolute Gasteiger partial charge is 0.500 e. The Hall–Kier alpha value is -4.88. The molecule has 241 valence electrons. The fraction of sp³-hybridized carbons (Fsp3) is 0.186. The van der Waals surface area contributed by atoms with Crippen molar-refractivity contribution in [3.05, 3.63) is 144 Å². The molecule has 0 saturated heterocycles. The maximum atomic E-state index is 9.73. The Morgan fingerprint density at radius 3 is 1.81 bits per heavy atom. The van der Waals surface area contributed by atoms with Crippen molar-refractivity contribution < 1.29 is 24.5 Å². The fourth-order valence-electron chi connectivity index (χ4n) is 5.51. The van der Waals surface area contributed by atoms with Gasteiger partial charge in [-0.25, -0.2) is 0 Å². The van der Waals surface area contributed by atoms with Gasteiger partial charge in [0, 0.05) is 43.4 Å². The van der Waals surface area contributed by atoms with Crippen molar-refractivity contribution in [3.8, 4) is 39.7 Å². The van der Waals surface area contributed by atoms with E-state index < -0.39 is 0 Å². The summed E-state index contributed by atoms with van der Waals surface area (Å²) in [4.78, 5) is 9.19. The number of nitrogens with zero attached hydrogens (tertiary/aromatic N) is 3. The summed E-state index contributed by atoms with van der Waals surface area (Å²) in [6.45, 7) is 13.1. The van der Waals surface area contributed by atoms with Gasteiger partial charge >= 0.3 is 0 Å². The van der Waals surface area contributed by atoms with E-state index in [9.17, 15) is 5.26 Å². The Morgan fingerprint density at radius 1 is 0.625 bits per heavy atom. The molecule has 0 aliphatic heterocycles. The van der Waals surface area contributed by atoms with Crippen LogP contribution in [0.5, 0.6) is 0 Å². The number of aromatic nitrogens is 2. The third-order valence-corrected chi connectivity index (χ3v) is 8.28. The summed E-state index contributed by atoms with van der Waals surface area (Å²) in [5.41, 5.74) is 10.1. The normalized spacial score (nSPS) is 11.4. The summed E-state index contributed by atoms with van der Waals surface area (Å²) in [5, 5.41) is 11.7. The first-order valence-corrected chi connectivity index (χ1v) is 15.8. The molecule has 3 heterocycles. The molecule has 4 aromatic carbocycles. The first-order valence-electron chi connectivity index (χ1n) is 15.8. The minimum atomic E-state index is 0. The number of hydrogen-bond acceptors (Lipinski definition) is 4. The summed E-state index contributed by atoms with van der Waals surface area (Å²) in [5.74, 6) is 0. The minimum absolute atomic E-state index is 0. The van der Waals surface area contributed by atoms with E-state index in [0.29, 0.717) is 11.1 Å². The Morgan fingerprint density at radius 2 is 1.25 bits per heavy atom. The molecule has 0 aliphatic rings. The van der Waals surface area contributed by atoms with Gasteiger partial charge in [-0.15, -0.1) is 54.1 Å². The molecule has 3 aromatic heterocycles. The van der Waals surface area contributed by atoms with Crippen molar-refractivity contribution in [2.45, 2.75) is 52.4 Å². The van der Waals surface area contributed by atoms with E-state index in [-0.39, 0.29) is 30.9 Å². The van der Waals surface area contributed by atoms with E-state index in [1.54, 1.807) is 0 Å². The van der Waals surface area contributed by atoms with Gasteiger partial charge in [0.1, 0.15) is 5.58 Å². The SMILES string of the molecule is CC(C)(C)c1ccc(-c2[c-]ccc3c2oc2c(-c4ccccc4)c(C#N)ccc23)nc1.CC(C)(C)c1ccc(-c2[c-]cccc2)nc1.[Ir]. The van der Waals surface area contributed by atoms with Gasteiger partial charge in [-0.3, -0.25) is 0 Å². The topological polar surface area (TPSA) is 62.7 Å². The van der Waals surface area contributed by atoms with Crippen LogP contribution in [0.15, 0.2) is 120 Å². The molecule has 7 aromatic rings. The van der Waals surface area contributed by atoms with E-state index >= 15 is 0 Å². The average Bonchev–Trinajstić information content (AvgIpc) is 3.47. The maximum Gasteiger partial charge on any atom is 0.130 e. The van der Waals surface area contributed by atoms with Gasteiger partial charge in [0.15, 0.2) is 0 Å². The first-order chi connectivity index (χ1) is 22.5. The zero-order valence-corrected chi connectivity index (χ0v) is 30.4. The third-order valence-electron chi connectivity index (χ3n) is 8.28. The fourth-order valence-corrected chi connectivity index (χ4v) is 5.51. The maximum absolute atomic E-state index is 9.73. The van der Waals surface area contributed by atoms with Gasteiger partial charge in [-0.2, -0.15) is 5.26 Å². The van der Waals surface area contributed by atoms with Gasteiger partial charge < -0.3 is 14.4 Å². The number of furan rings is 1. The Bertz CT molecular complexity index is 2180. The van der Waals surface area contributed by atoms with Gasteiger partial charge in [0.2, 0.25) is 0 Å². The van der Waals surface area contributed by atoms with E-state index in [0.717, 1.165) is 50.0 Å². The van der Waals surface area contributed by atoms with Crippen LogP contribution in [0.1, 0.15) is 58.2 Å². The monoisotopic (exact) mass is 804 g/mol. The molecule has 1 radical (unpaired) electrons. The van der Waals surface area contributed by atoms with Gasteiger partial charge in [0.25, 0.3) is 0 Å². The first kappa shape index (κ1) is 34.5. The van der Waals surface area contributed by atoms with Crippen molar-refractivity contribution in [1.82, 2.24) is 9.97 Å². The molecular formula is C43H37IrN3O-2. The molecule has 0 amide bonds. The number of benzene rings is 4. The van der Waals surface area contributed by atoms with Crippen molar-refractivity contribution in [1.29, 1.82) is 5.26 Å². The van der Waals surface area contributed by atoms with Crippen LogP contribution in [0.3, 0.4) is 0 Å². The minimum Gasteiger partial charge on any atom is -0.500 e. The quantitative estimate of drug-likeness (QED) is 0.167. The molecule has 7 rings (SSSR count). The molecular weight excluding hydrogens is 767 g/mol. The number of rotatable bonds is 3. The molecule has 0 N–H and O–H groups in total. The number of fused-ring (bicyclic) bond motifs is 3. The third kappa shape index (κ3) is 7.16. The molecule has 0 spiro atoms. The van der Waals surface area contributed by atoms with Gasteiger partial charge in [-0.05, 0) is 45.0 Å². The Balaban J connectivity index is 0.000000224. The molecule has 5 heteroatoms. The summed E-state index contributed by atoms with van der Waals surface area (Å²) in [6.07, 6.45) is 3.88. The van der Waals surface area contributed by atoms with E-state index in [1.807, 2.05) is 97.3 Å². The number of pyridine rings is 2. The Labute approximate surface area is 296 Å². The summed E-state index contributed by atoms with van der Waals surface area (Å²) < 4.78 is 6.44.